The van der Waals surface area contributed by atoms with Crippen molar-refractivity contribution in [2.24, 2.45) is 0 Å². The van der Waals surface area contributed by atoms with Gasteiger partial charge in [0.25, 0.3) is 0 Å². The van der Waals surface area contributed by atoms with Crippen molar-refractivity contribution in [2.75, 3.05) is 26.3 Å². The van der Waals surface area contributed by atoms with Crippen LogP contribution in [0.3, 0.4) is 0 Å². The molecule has 1 saturated heterocycles. The average molecular weight is 446 g/mol. The average Bonchev–Trinajstić information content (AvgIpc) is 3.51. The highest BCUT2D eigenvalue weighted by Crippen LogP contribution is 2.29. The lowest BCUT2D eigenvalue weighted by Gasteiger charge is -2.32. The minimum atomic E-state index is -0.705. The molecule has 2 aromatic heterocycles. The van der Waals surface area contributed by atoms with Crippen molar-refractivity contribution < 1.29 is 23.5 Å². The molecule has 0 aliphatic carbocycles. The lowest BCUT2D eigenvalue weighted by atomic mass is 9.99. The molecule has 166 valence electrons. The van der Waals surface area contributed by atoms with Gasteiger partial charge in [0, 0.05) is 36.8 Å². The summed E-state index contributed by atoms with van der Waals surface area (Å²) in [6.07, 6.45) is 3.72. The van der Waals surface area contributed by atoms with E-state index in [1.54, 1.807) is 30.4 Å². The van der Waals surface area contributed by atoms with Gasteiger partial charge in [0.1, 0.15) is 11.8 Å². The second kappa shape index (κ2) is 10.1. The molecule has 2 amide bonds. The molecule has 4 rings (SSSR count). The number of carbonyl (C=O) groups is 2. The van der Waals surface area contributed by atoms with Gasteiger partial charge >= 0.3 is 12.0 Å². The van der Waals surface area contributed by atoms with E-state index in [0.717, 1.165) is 19.4 Å². The first-order valence-electron chi connectivity index (χ1n) is 10.5. The molecule has 2 aliphatic rings. The summed E-state index contributed by atoms with van der Waals surface area (Å²) in [4.78, 5) is 28.8. The Bertz CT molecular complexity index is 904. The third-order valence-corrected chi connectivity index (χ3v) is 6.16. The fourth-order valence-electron chi connectivity index (χ4n) is 3.97. The van der Waals surface area contributed by atoms with E-state index < -0.39 is 12.0 Å². The quantitative estimate of drug-likeness (QED) is 0.576. The van der Waals surface area contributed by atoms with Crippen molar-refractivity contribution in [2.45, 2.75) is 38.5 Å². The number of ether oxygens (including phenoxy) is 2. The second-order valence-corrected chi connectivity index (χ2v) is 8.58. The summed E-state index contributed by atoms with van der Waals surface area (Å²) >= 11 is 1.68. The lowest BCUT2D eigenvalue weighted by molar-refractivity contribution is -0.139. The zero-order valence-electron chi connectivity index (χ0n) is 17.5. The Labute approximate surface area is 185 Å². The van der Waals surface area contributed by atoms with Crippen LogP contribution in [-0.4, -0.2) is 49.3 Å². The number of hydrogen-bond donors (Lipinski definition) is 2. The van der Waals surface area contributed by atoms with Crippen LogP contribution < -0.4 is 10.6 Å². The first-order chi connectivity index (χ1) is 15.1. The second-order valence-electron chi connectivity index (χ2n) is 7.54. The molecule has 0 saturated carbocycles. The highest BCUT2D eigenvalue weighted by Gasteiger charge is 2.36. The number of thiophene rings is 1. The van der Waals surface area contributed by atoms with Gasteiger partial charge in [-0.3, -0.25) is 4.90 Å². The van der Waals surface area contributed by atoms with Crippen molar-refractivity contribution >= 4 is 23.3 Å². The molecular formula is C22H27N3O5S. The maximum atomic E-state index is 12.9. The summed E-state index contributed by atoms with van der Waals surface area (Å²) in [6.45, 7) is 4.57. The van der Waals surface area contributed by atoms with E-state index in [4.69, 9.17) is 13.9 Å². The van der Waals surface area contributed by atoms with E-state index in [-0.39, 0.29) is 18.7 Å². The van der Waals surface area contributed by atoms with E-state index in [1.165, 1.54) is 11.1 Å². The fraction of sp³-hybridized carbons (Fsp3) is 0.455. The van der Waals surface area contributed by atoms with Crippen LogP contribution in [0.25, 0.3) is 0 Å². The topological polar surface area (TPSA) is 93.0 Å². The predicted octanol–water partition coefficient (Wildman–Crippen LogP) is 3.19. The number of amides is 2. The maximum absolute atomic E-state index is 12.9. The third kappa shape index (κ3) is 5.36. The van der Waals surface area contributed by atoms with Crippen LogP contribution in [0, 0.1) is 0 Å². The Morgan fingerprint density at radius 1 is 1.32 bits per heavy atom. The van der Waals surface area contributed by atoms with Crippen LogP contribution >= 0.6 is 11.3 Å². The molecule has 31 heavy (non-hydrogen) atoms. The van der Waals surface area contributed by atoms with Crippen LogP contribution in [0.5, 0.6) is 0 Å². The molecule has 1 fully saturated rings. The summed E-state index contributed by atoms with van der Waals surface area (Å²) in [7, 11) is 0. The number of carbonyl (C=O) groups excluding carboxylic acids is 2. The summed E-state index contributed by atoms with van der Waals surface area (Å²) in [5, 5.41) is 7.67. The minimum Gasteiger partial charge on any atom is -0.467 e. The summed E-state index contributed by atoms with van der Waals surface area (Å²) in [5.74, 6) is 0.0129. The molecule has 9 heteroatoms. The molecule has 4 heterocycles. The molecule has 8 nitrogen and oxygen atoms in total. The molecule has 2 atom stereocenters. The van der Waals surface area contributed by atoms with Crippen LogP contribution in [-0.2, 0) is 20.8 Å². The van der Waals surface area contributed by atoms with Gasteiger partial charge in [-0.15, -0.1) is 11.3 Å². The van der Waals surface area contributed by atoms with E-state index in [9.17, 15) is 9.59 Å². The van der Waals surface area contributed by atoms with Crippen LogP contribution in [0.2, 0.25) is 0 Å². The number of furan rings is 1. The third-order valence-electron chi connectivity index (χ3n) is 5.30. The first kappa shape index (κ1) is 21.6. The van der Waals surface area contributed by atoms with Gasteiger partial charge < -0.3 is 24.5 Å². The number of esters is 1. The van der Waals surface area contributed by atoms with Gasteiger partial charge in [0.05, 0.1) is 24.5 Å². The highest BCUT2D eigenvalue weighted by atomic mass is 32.1. The Morgan fingerprint density at radius 2 is 2.23 bits per heavy atom. The highest BCUT2D eigenvalue weighted by molar-refractivity contribution is 7.09. The molecule has 0 unspecified atom stereocenters. The van der Waals surface area contributed by atoms with Gasteiger partial charge in [0.15, 0.2) is 0 Å². The number of nitrogens with one attached hydrogen (secondary N) is 2. The molecule has 2 aromatic rings. The molecule has 0 spiro atoms. The molecule has 2 aliphatic heterocycles. The van der Waals surface area contributed by atoms with Gasteiger partial charge in [0.2, 0.25) is 0 Å². The molecule has 0 bridgehead atoms. The van der Waals surface area contributed by atoms with Crippen LogP contribution in [0.4, 0.5) is 4.79 Å². The standard InChI is InChI=1S/C22H27N3O5S/c1-2-28-21(26)19-17(23-22(27)24-20(19)18-8-4-10-30-18)14-25(12-15-6-3-9-29-15)13-16-7-5-11-31-16/h4-5,7-8,10-11,15,20H,2-3,6,9,12-14H2,1H3,(H2,23,24,27)/t15-,20+/m0/s1. The van der Waals surface area contributed by atoms with Gasteiger partial charge in [-0.1, -0.05) is 6.07 Å². The number of rotatable bonds is 9. The number of urea groups is 1. The Morgan fingerprint density at radius 3 is 2.90 bits per heavy atom. The maximum Gasteiger partial charge on any atom is 0.338 e. The van der Waals surface area contributed by atoms with Crippen LogP contribution in [0.15, 0.2) is 51.6 Å². The van der Waals surface area contributed by atoms with E-state index in [0.29, 0.717) is 36.7 Å². The van der Waals surface area contributed by atoms with Crippen molar-refractivity contribution in [3.05, 3.63) is 57.8 Å². The number of hydrogen-bond acceptors (Lipinski definition) is 7. The fourth-order valence-corrected chi connectivity index (χ4v) is 4.72. The SMILES string of the molecule is CCOC(=O)C1=C(CN(Cc2cccs2)C[C@@H]2CCCO2)NC(=O)N[C@@H]1c1ccco1. The molecule has 2 N–H and O–H groups in total. The predicted molar refractivity (Wildman–Crippen MR) is 115 cm³/mol. The van der Waals surface area contributed by atoms with E-state index >= 15 is 0 Å². The smallest absolute Gasteiger partial charge is 0.338 e. The summed E-state index contributed by atoms with van der Waals surface area (Å²) < 4.78 is 16.7. The van der Waals surface area contributed by atoms with Crippen molar-refractivity contribution in [3.8, 4) is 0 Å². The van der Waals surface area contributed by atoms with E-state index in [2.05, 4.69) is 21.6 Å². The molecule has 0 radical (unpaired) electrons. The lowest BCUT2D eigenvalue weighted by Crippen LogP contribution is -2.49. The largest absolute Gasteiger partial charge is 0.467 e. The van der Waals surface area contributed by atoms with Crippen molar-refractivity contribution in [1.82, 2.24) is 15.5 Å². The van der Waals surface area contributed by atoms with Crippen molar-refractivity contribution in [3.63, 3.8) is 0 Å². The van der Waals surface area contributed by atoms with Gasteiger partial charge in [-0.25, -0.2) is 9.59 Å². The monoisotopic (exact) mass is 445 g/mol. The van der Waals surface area contributed by atoms with E-state index in [1.807, 2.05) is 11.4 Å². The minimum absolute atomic E-state index is 0.143. The normalized spacial score (nSPS) is 21.3. The Hall–Kier alpha value is -2.62. The zero-order chi connectivity index (χ0) is 21.6. The van der Waals surface area contributed by atoms with Crippen LogP contribution in [0.1, 0.15) is 36.4 Å². The number of nitrogens with zero attached hydrogens (tertiary/aromatic N) is 1. The summed E-state index contributed by atoms with van der Waals surface area (Å²) in [5.41, 5.74) is 0.887. The Balaban J connectivity index is 1.65. The summed E-state index contributed by atoms with van der Waals surface area (Å²) in [6, 6.07) is 6.49. The first-order valence-corrected chi connectivity index (χ1v) is 11.4. The zero-order valence-corrected chi connectivity index (χ0v) is 18.3. The molecule has 0 aromatic carbocycles. The van der Waals surface area contributed by atoms with Gasteiger partial charge in [-0.05, 0) is 43.3 Å². The van der Waals surface area contributed by atoms with Gasteiger partial charge in [-0.2, -0.15) is 0 Å². The molecular weight excluding hydrogens is 418 g/mol. The Kier molecular flexibility index (Phi) is 7.06. The van der Waals surface area contributed by atoms with Crippen molar-refractivity contribution in [1.29, 1.82) is 0 Å².